The van der Waals surface area contributed by atoms with Crippen LogP contribution in [-0.4, -0.2) is 4.57 Å². The smallest absolute Gasteiger partial charge is 0.408 e. The molecule has 2 aromatic carbocycles. The van der Waals surface area contributed by atoms with Crippen LogP contribution in [0.3, 0.4) is 0 Å². The third-order valence-corrected chi connectivity index (χ3v) is 3.17. The van der Waals surface area contributed by atoms with Gasteiger partial charge in [-0.05, 0) is 23.3 Å². The van der Waals surface area contributed by atoms with Gasteiger partial charge >= 0.3 is 5.76 Å². The summed E-state index contributed by atoms with van der Waals surface area (Å²) in [5, 5.41) is 0. The monoisotopic (exact) mass is 254 g/mol. The molecule has 96 valence electrons. The predicted molar refractivity (Wildman–Crippen MR) is 73.9 cm³/mol. The first kappa shape index (κ1) is 11.7. The van der Waals surface area contributed by atoms with Gasteiger partial charge < -0.3 is 10.2 Å². The number of benzene rings is 2. The Morgan fingerprint density at radius 3 is 2.42 bits per heavy atom. The third-order valence-electron chi connectivity index (χ3n) is 3.17. The first-order valence-electron chi connectivity index (χ1n) is 6.14. The minimum absolute atomic E-state index is 0.330. The molecule has 4 nitrogen and oxygen atoms in total. The van der Waals surface area contributed by atoms with E-state index in [4.69, 9.17) is 10.2 Å². The van der Waals surface area contributed by atoms with Gasteiger partial charge in [-0.25, -0.2) is 4.79 Å². The van der Waals surface area contributed by atoms with Gasteiger partial charge in [-0.15, -0.1) is 0 Å². The van der Waals surface area contributed by atoms with E-state index in [1.165, 1.54) is 0 Å². The summed E-state index contributed by atoms with van der Waals surface area (Å²) in [5.74, 6) is -0.330. The van der Waals surface area contributed by atoms with Gasteiger partial charge in [0.2, 0.25) is 0 Å². The van der Waals surface area contributed by atoms with Gasteiger partial charge in [-0.1, -0.05) is 36.4 Å². The summed E-state index contributed by atoms with van der Waals surface area (Å²) in [6.45, 7) is 1.02. The molecule has 3 aromatic rings. The van der Waals surface area contributed by atoms with Crippen molar-refractivity contribution in [3.05, 3.63) is 70.2 Å². The van der Waals surface area contributed by atoms with Crippen LogP contribution in [-0.2, 0) is 13.1 Å². The molecule has 1 heterocycles. The highest BCUT2D eigenvalue weighted by Crippen LogP contribution is 2.14. The summed E-state index contributed by atoms with van der Waals surface area (Å²) in [4.78, 5) is 11.8. The number of hydrogen-bond donors (Lipinski definition) is 1. The Bertz CT molecular complexity index is 754. The molecule has 0 saturated heterocycles. The van der Waals surface area contributed by atoms with E-state index >= 15 is 0 Å². The van der Waals surface area contributed by atoms with Crippen LogP contribution in [0.25, 0.3) is 11.1 Å². The minimum Gasteiger partial charge on any atom is -0.408 e. The molecular weight excluding hydrogens is 240 g/mol. The summed E-state index contributed by atoms with van der Waals surface area (Å²) in [6.07, 6.45) is 0. The highest BCUT2D eigenvalue weighted by Gasteiger charge is 2.08. The zero-order chi connectivity index (χ0) is 13.2. The highest BCUT2D eigenvalue weighted by molar-refractivity contribution is 5.72. The fourth-order valence-corrected chi connectivity index (χ4v) is 2.13. The highest BCUT2D eigenvalue weighted by atomic mass is 16.4. The van der Waals surface area contributed by atoms with E-state index in [-0.39, 0.29) is 5.76 Å². The van der Waals surface area contributed by atoms with E-state index in [2.05, 4.69) is 0 Å². The van der Waals surface area contributed by atoms with E-state index in [1.54, 1.807) is 10.6 Å². The molecule has 0 aliphatic rings. The van der Waals surface area contributed by atoms with Crippen LogP contribution in [0.4, 0.5) is 0 Å². The Kier molecular flexibility index (Phi) is 2.93. The van der Waals surface area contributed by atoms with Crippen molar-refractivity contribution >= 4 is 11.1 Å². The van der Waals surface area contributed by atoms with Crippen molar-refractivity contribution in [2.24, 2.45) is 5.73 Å². The molecule has 0 bridgehead atoms. The van der Waals surface area contributed by atoms with Crippen LogP contribution in [0.1, 0.15) is 11.1 Å². The Balaban J connectivity index is 2.00. The zero-order valence-corrected chi connectivity index (χ0v) is 10.4. The van der Waals surface area contributed by atoms with E-state index in [0.717, 1.165) is 16.6 Å². The van der Waals surface area contributed by atoms with Crippen LogP contribution in [0.2, 0.25) is 0 Å². The van der Waals surface area contributed by atoms with Crippen molar-refractivity contribution < 1.29 is 4.42 Å². The molecule has 3 rings (SSSR count). The van der Waals surface area contributed by atoms with Gasteiger partial charge in [0.15, 0.2) is 5.58 Å². The second-order valence-electron chi connectivity index (χ2n) is 4.44. The third kappa shape index (κ3) is 2.18. The topological polar surface area (TPSA) is 61.2 Å². The molecule has 0 spiro atoms. The Morgan fingerprint density at radius 1 is 1.00 bits per heavy atom. The number of hydrogen-bond acceptors (Lipinski definition) is 3. The second kappa shape index (κ2) is 4.74. The van der Waals surface area contributed by atoms with Crippen LogP contribution in [0.5, 0.6) is 0 Å². The first-order chi connectivity index (χ1) is 9.28. The Labute approximate surface area is 110 Å². The lowest BCUT2D eigenvalue weighted by Gasteiger charge is -2.03. The maximum atomic E-state index is 11.8. The van der Waals surface area contributed by atoms with Gasteiger partial charge in [-0.3, -0.25) is 4.57 Å². The van der Waals surface area contributed by atoms with Crippen LogP contribution in [0, 0.1) is 0 Å². The maximum Gasteiger partial charge on any atom is 0.420 e. The molecule has 0 saturated carbocycles. The second-order valence-corrected chi connectivity index (χ2v) is 4.44. The number of rotatable bonds is 3. The molecule has 0 atom stereocenters. The number of para-hydroxylation sites is 2. The van der Waals surface area contributed by atoms with Crippen LogP contribution < -0.4 is 11.5 Å². The van der Waals surface area contributed by atoms with Crippen molar-refractivity contribution in [3.63, 3.8) is 0 Å². The molecular formula is C15H14N2O2. The average molecular weight is 254 g/mol. The van der Waals surface area contributed by atoms with Crippen LogP contribution in [0.15, 0.2) is 57.7 Å². The first-order valence-corrected chi connectivity index (χ1v) is 6.14. The average Bonchev–Trinajstić information content (AvgIpc) is 2.76. The lowest BCUT2D eigenvalue weighted by Crippen LogP contribution is -2.14. The largest absolute Gasteiger partial charge is 0.420 e. The van der Waals surface area contributed by atoms with Gasteiger partial charge in [0.1, 0.15) is 0 Å². The van der Waals surface area contributed by atoms with Crippen molar-refractivity contribution in [2.75, 3.05) is 0 Å². The van der Waals surface area contributed by atoms with Crippen molar-refractivity contribution in [1.29, 1.82) is 0 Å². The molecule has 0 aliphatic carbocycles. The molecule has 4 heteroatoms. The van der Waals surface area contributed by atoms with Gasteiger partial charge in [-0.2, -0.15) is 0 Å². The SMILES string of the molecule is NCc1ccc(Cn2c(=O)oc3ccccc32)cc1. The summed E-state index contributed by atoms with van der Waals surface area (Å²) >= 11 is 0. The summed E-state index contributed by atoms with van der Waals surface area (Å²) in [6, 6.07) is 15.3. The van der Waals surface area contributed by atoms with E-state index in [1.807, 2.05) is 42.5 Å². The number of oxazole rings is 1. The standard InChI is InChI=1S/C15H14N2O2/c16-9-11-5-7-12(8-6-11)10-17-13-3-1-2-4-14(13)19-15(17)18/h1-8H,9-10,16H2. The molecule has 19 heavy (non-hydrogen) atoms. The van der Waals surface area contributed by atoms with Crippen molar-refractivity contribution in [1.82, 2.24) is 4.57 Å². The molecule has 0 unspecified atom stereocenters. The molecule has 0 amide bonds. The lowest BCUT2D eigenvalue weighted by molar-refractivity contribution is 0.517. The van der Waals surface area contributed by atoms with E-state index in [0.29, 0.717) is 18.7 Å². The zero-order valence-electron chi connectivity index (χ0n) is 10.4. The molecule has 1 aromatic heterocycles. The molecule has 0 radical (unpaired) electrons. The van der Waals surface area contributed by atoms with Gasteiger partial charge in [0, 0.05) is 6.54 Å². The number of nitrogens with two attached hydrogens (primary N) is 1. The van der Waals surface area contributed by atoms with E-state index < -0.39 is 0 Å². The van der Waals surface area contributed by atoms with Crippen molar-refractivity contribution in [2.45, 2.75) is 13.1 Å². The fraction of sp³-hybridized carbons (Fsp3) is 0.133. The quantitative estimate of drug-likeness (QED) is 0.778. The van der Waals surface area contributed by atoms with Gasteiger partial charge in [0.25, 0.3) is 0 Å². The Morgan fingerprint density at radius 2 is 1.68 bits per heavy atom. The maximum absolute atomic E-state index is 11.8. The summed E-state index contributed by atoms with van der Waals surface area (Å²) in [7, 11) is 0. The predicted octanol–water partition coefficient (Wildman–Crippen LogP) is 2.10. The molecule has 2 N–H and O–H groups in total. The normalized spacial score (nSPS) is 11.0. The lowest BCUT2D eigenvalue weighted by atomic mass is 10.1. The minimum atomic E-state index is -0.330. The number of nitrogens with zero attached hydrogens (tertiary/aromatic N) is 1. The van der Waals surface area contributed by atoms with Gasteiger partial charge in [0.05, 0.1) is 12.1 Å². The number of aromatic nitrogens is 1. The fourth-order valence-electron chi connectivity index (χ4n) is 2.13. The molecule has 0 aliphatic heterocycles. The Hall–Kier alpha value is -2.33. The van der Waals surface area contributed by atoms with Crippen molar-refractivity contribution in [3.8, 4) is 0 Å². The summed E-state index contributed by atoms with van der Waals surface area (Å²) < 4.78 is 6.84. The van der Waals surface area contributed by atoms with Crippen LogP contribution >= 0.6 is 0 Å². The van der Waals surface area contributed by atoms with E-state index in [9.17, 15) is 4.79 Å². The number of fused-ring (bicyclic) bond motifs is 1. The molecule has 0 fully saturated rings. The summed E-state index contributed by atoms with van der Waals surface area (Å²) in [5.41, 5.74) is 9.12.